The highest BCUT2D eigenvalue weighted by Gasteiger charge is 2.16. The fraction of sp³-hybridized carbons (Fsp3) is 0.250. The number of carbonyl (C=O) groups is 1. The number of halogens is 1. The Labute approximate surface area is 169 Å². The number of nitrogens with one attached hydrogen (secondary N) is 1. The molecule has 1 atom stereocenters. The van der Waals surface area contributed by atoms with Crippen LogP contribution in [0.2, 0.25) is 0 Å². The van der Waals surface area contributed by atoms with E-state index in [1.165, 1.54) is 0 Å². The highest BCUT2D eigenvalue weighted by molar-refractivity contribution is 9.10. The van der Waals surface area contributed by atoms with Gasteiger partial charge in [0.2, 0.25) is 0 Å². The Morgan fingerprint density at radius 2 is 1.86 bits per heavy atom. The third-order valence-corrected chi connectivity index (χ3v) is 4.65. The first-order valence-electron chi connectivity index (χ1n) is 8.76. The van der Waals surface area contributed by atoms with Crippen LogP contribution in [0, 0.1) is 0 Å². The lowest BCUT2D eigenvalue weighted by Gasteiger charge is -2.14. The van der Waals surface area contributed by atoms with Crippen molar-refractivity contribution in [2.75, 3.05) is 6.61 Å². The summed E-state index contributed by atoms with van der Waals surface area (Å²) in [5, 5.41) is 0.440. The summed E-state index contributed by atoms with van der Waals surface area (Å²) in [5.74, 6) is 0.0459. The van der Waals surface area contributed by atoms with E-state index in [2.05, 4.69) is 20.9 Å². The predicted octanol–water partition coefficient (Wildman–Crippen LogP) is 2.85. The average molecular weight is 447 g/mol. The molecule has 0 amide bonds. The number of para-hydroxylation sites is 1. The molecule has 3 rings (SSSR count). The van der Waals surface area contributed by atoms with Gasteiger partial charge in [0.05, 0.1) is 17.5 Å². The zero-order valence-electron chi connectivity index (χ0n) is 15.2. The molecule has 0 spiro atoms. The number of nitrogens with zero attached hydrogens (tertiary/aromatic N) is 1. The topological polar surface area (TPSA) is 90.4 Å². The molecule has 1 N–H and O–H groups in total. The van der Waals surface area contributed by atoms with Crippen LogP contribution in [0.3, 0.4) is 0 Å². The summed E-state index contributed by atoms with van der Waals surface area (Å²) in [5.41, 5.74) is -0.348. The molecule has 28 heavy (non-hydrogen) atoms. The zero-order valence-corrected chi connectivity index (χ0v) is 16.8. The molecule has 146 valence electrons. The summed E-state index contributed by atoms with van der Waals surface area (Å²) in [6.07, 6.45) is -0.439. The summed E-state index contributed by atoms with van der Waals surface area (Å²) in [6, 6.07) is 13.9. The first kappa shape index (κ1) is 19.9. The molecule has 1 aromatic heterocycles. The van der Waals surface area contributed by atoms with E-state index in [1.54, 1.807) is 43.3 Å². The summed E-state index contributed by atoms with van der Waals surface area (Å²) in [7, 11) is 0. The van der Waals surface area contributed by atoms with Crippen molar-refractivity contribution < 1.29 is 14.3 Å². The highest BCUT2D eigenvalue weighted by atomic mass is 79.9. The maximum Gasteiger partial charge on any atom is 0.347 e. The van der Waals surface area contributed by atoms with Crippen molar-refractivity contribution >= 4 is 32.8 Å². The van der Waals surface area contributed by atoms with Gasteiger partial charge in [-0.05, 0) is 49.7 Å². The highest BCUT2D eigenvalue weighted by Crippen LogP contribution is 2.17. The second-order valence-corrected chi connectivity index (χ2v) is 7.08. The van der Waals surface area contributed by atoms with E-state index in [9.17, 15) is 14.4 Å². The molecule has 0 fully saturated rings. The number of hydrogen-bond donors (Lipinski definition) is 1. The third kappa shape index (κ3) is 4.69. The van der Waals surface area contributed by atoms with E-state index in [1.807, 2.05) is 12.1 Å². The number of esters is 1. The van der Waals surface area contributed by atoms with Crippen LogP contribution in [0.25, 0.3) is 10.9 Å². The summed E-state index contributed by atoms with van der Waals surface area (Å²) < 4.78 is 12.7. The van der Waals surface area contributed by atoms with Gasteiger partial charge in [-0.3, -0.25) is 9.36 Å². The maximum absolute atomic E-state index is 12.4. The third-order valence-electron chi connectivity index (χ3n) is 4.12. The number of aromatic nitrogens is 2. The minimum absolute atomic E-state index is 0.0750. The molecule has 1 unspecified atom stereocenters. The van der Waals surface area contributed by atoms with Crippen molar-refractivity contribution in [3.63, 3.8) is 0 Å². The Morgan fingerprint density at radius 1 is 1.14 bits per heavy atom. The minimum atomic E-state index is -0.770. The van der Waals surface area contributed by atoms with Crippen LogP contribution in [0.5, 0.6) is 5.75 Å². The molecule has 8 heteroatoms. The van der Waals surface area contributed by atoms with E-state index in [0.29, 0.717) is 23.1 Å². The van der Waals surface area contributed by atoms with Gasteiger partial charge >= 0.3 is 11.7 Å². The van der Waals surface area contributed by atoms with Gasteiger partial charge in [0.1, 0.15) is 5.75 Å². The molecule has 0 bridgehead atoms. The second-order valence-electron chi connectivity index (χ2n) is 6.17. The Hall–Kier alpha value is -2.87. The molecular weight excluding hydrogens is 428 g/mol. The first-order chi connectivity index (χ1) is 13.5. The van der Waals surface area contributed by atoms with Crippen LogP contribution in [-0.4, -0.2) is 28.2 Å². The number of fused-ring (bicyclic) bond motifs is 1. The molecule has 0 saturated carbocycles. The Bertz CT molecular complexity index is 1090. The number of ether oxygens (including phenoxy) is 2. The monoisotopic (exact) mass is 446 g/mol. The van der Waals surface area contributed by atoms with Gasteiger partial charge in [-0.15, -0.1) is 0 Å². The molecule has 1 heterocycles. The van der Waals surface area contributed by atoms with Crippen LogP contribution in [0.15, 0.2) is 62.6 Å². The van der Waals surface area contributed by atoms with E-state index < -0.39 is 17.8 Å². The van der Waals surface area contributed by atoms with E-state index in [-0.39, 0.29) is 18.7 Å². The van der Waals surface area contributed by atoms with Crippen molar-refractivity contribution in [3.8, 4) is 5.75 Å². The second kappa shape index (κ2) is 8.88. The summed E-state index contributed by atoms with van der Waals surface area (Å²) in [6.45, 7) is 1.82. The van der Waals surface area contributed by atoms with Gasteiger partial charge in [0, 0.05) is 11.0 Å². The summed E-state index contributed by atoms with van der Waals surface area (Å²) in [4.78, 5) is 39.2. The zero-order chi connectivity index (χ0) is 20.1. The van der Waals surface area contributed by atoms with Crippen molar-refractivity contribution in [1.82, 2.24) is 9.55 Å². The van der Waals surface area contributed by atoms with Gasteiger partial charge in [-0.25, -0.2) is 9.59 Å². The van der Waals surface area contributed by atoms with Crippen LogP contribution >= 0.6 is 15.9 Å². The maximum atomic E-state index is 12.4. The molecule has 0 radical (unpaired) electrons. The number of rotatable bonds is 7. The van der Waals surface area contributed by atoms with Crippen molar-refractivity contribution in [2.45, 2.75) is 26.0 Å². The molecular formula is C20H19BrN2O5. The standard InChI is InChI=1S/C20H19BrN2O5/c1-13(28-15-9-7-14(21)8-10-15)19(25)27-12-4-11-23-18(24)16-5-2-3-6-17(16)22-20(23)26/h2-3,5-10,13H,4,11-12H2,1H3,(H,22,26). The Morgan fingerprint density at radius 3 is 2.61 bits per heavy atom. The van der Waals surface area contributed by atoms with Gasteiger partial charge < -0.3 is 14.5 Å². The number of hydrogen-bond acceptors (Lipinski definition) is 5. The van der Waals surface area contributed by atoms with Crippen LogP contribution in [0.4, 0.5) is 0 Å². The van der Waals surface area contributed by atoms with Crippen LogP contribution in [0.1, 0.15) is 13.3 Å². The normalized spacial score (nSPS) is 11.9. The van der Waals surface area contributed by atoms with Gasteiger partial charge in [-0.1, -0.05) is 28.1 Å². The number of benzene rings is 2. The number of carbonyl (C=O) groups excluding carboxylic acids is 1. The molecule has 0 aliphatic carbocycles. The largest absolute Gasteiger partial charge is 0.479 e. The van der Waals surface area contributed by atoms with Gasteiger partial charge in [0.25, 0.3) is 5.56 Å². The van der Waals surface area contributed by atoms with E-state index in [0.717, 1.165) is 9.04 Å². The quantitative estimate of drug-likeness (QED) is 0.445. The SMILES string of the molecule is CC(Oc1ccc(Br)cc1)C(=O)OCCCn1c(=O)[nH]c2ccccc2c1=O. The fourth-order valence-corrected chi connectivity index (χ4v) is 2.94. The lowest BCUT2D eigenvalue weighted by atomic mass is 10.2. The predicted molar refractivity (Wildman–Crippen MR) is 109 cm³/mol. The Kier molecular flexibility index (Phi) is 6.30. The van der Waals surface area contributed by atoms with Crippen LogP contribution < -0.4 is 16.0 Å². The van der Waals surface area contributed by atoms with Crippen LogP contribution in [-0.2, 0) is 16.1 Å². The summed E-state index contributed by atoms with van der Waals surface area (Å²) >= 11 is 3.33. The van der Waals surface area contributed by atoms with Crippen molar-refractivity contribution in [1.29, 1.82) is 0 Å². The molecule has 0 aliphatic rings. The number of H-pyrrole nitrogens is 1. The molecule has 2 aromatic carbocycles. The molecule has 0 saturated heterocycles. The Balaban J connectivity index is 1.53. The van der Waals surface area contributed by atoms with Crippen molar-refractivity contribution in [3.05, 3.63) is 73.8 Å². The van der Waals surface area contributed by atoms with E-state index in [4.69, 9.17) is 9.47 Å². The molecule has 7 nitrogen and oxygen atoms in total. The number of aromatic amines is 1. The van der Waals surface area contributed by atoms with Crippen molar-refractivity contribution in [2.24, 2.45) is 0 Å². The molecule has 0 aliphatic heterocycles. The minimum Gasteiger partial charge on any atom is -0.479 e. The molecule has 3 aromatic rings. The first-order valence-corrected chi connectivity index (χ1v) is 9.56. The van der Waals surface area contributed by atoms with E-state index >= 15 is 0 Å². The fourth-order valence-electron chi connectivity index (χ4n) is 2.68. The lowest BCUT2D eigenvalue weighted by Crippen LogP contribution is -2.35. The lowest BCUT2D eigenvalue weighted by molar-refractivity contribution is -0.151. The average Bonchev–Trinajstić information content (AvgIpc) is 2.68. The smallest absolute Gasteiger partial charge is 0.347 e. The van der Waals surface area contributed by atoms with Gasteiger partial charge in [0.15, 0.2) is 6.10 Å². The van der Waals surface area contributed by atoms with Gasteiger partial charge in [-0.2, -0.15) is 0 Å².